The SMILES string of the molecule is O=C(NCCc1ccccc1)[C@@H]1Cc2cc([N+](=O)[O-])ccc2N2CCN(c3ccc(Cl)cc3)C[C@H]12. The first kappa shape index (κ1) is 23.2. The number of hydrogen-bond donors (Lipinski definition) is 1. The van der Waals surface area contributed by atoms with Crippen molar-refractivity contribution in [2.75, 3.05) is 36.0 Å². The molecule has 0 saturated carbocycles. The van der Waals surface area contributed by atoms with Gasteiger partial charge in [0.15, 0.2) is 0 Å². The van der Waals surface area contributed by atoms with Gasteiger partial charge in [-0.3, -0.25) is 14.9 Å². The molecule has 0 spiro atoms. The van der Waals surface area contributed by atoms with E-state index in [1.165, 1.54) is 5.56 Å². The van der Waals surface area contributed by atoms with Crippen LogP contribution in [0, 0.1) is 16.0 Å². The molecule has 180 valence electrons. The Balaban J connectivity index is 1.39. The van der Waals surface area contributed by atoms with E-state index in [1.54, 1.807) is 12.1 Å². The number of anilines is 2. The fourth-order valence-corrected chi connectivity index (χ4v) is 5.34. The zero-order chi connectivity index (χ0) is 24.4. The summed E-state index contributed by atoms with van der Waals surface area (Å²) in [7, 11) is 0. The number of non-ortho nitro benzene ring substituents is 1. The predicted molar refractivity (Wildman–Crippen MR) is 138 cm³/mol. The molecule has 2 atom stereocenters. The largest absolute Gasteiger partial charge is 0.368 e. The number of halogens is 1. The van der Waals surface area contributed by atoms with E-state index in [2.05, 4.69) is 27.2 Å². The molecule has 35 heavy (non-hydrogen) atoms. The van der Waals surface area contributed by atoms with Crippen LogP contribution in [0.2, 0.25) is 5.02 Å². The van der Waals surface area contributed by atoms with Gasteiger partial charge in [-0.05, 0) is 54.3 Å². The summed E-state index contributed by atoms with van der Waals surface area (Å²) >= 11 is 6.08. The van der Waals surface area contributed by atoms with Crippen LogP contribution in [-0.4, -0.2) is 43.1 Å². The van der Waals surface area contributed by atoms with Gasteiger partial charge in [0.05, 0.1) is 16.9 Å². The first-order chi connectivity index (χ1) is 17.0. The third kappa shape index (κ3) is 4.95. The normalized spacial score (nSPS) is 19.0. The molecular formula is C27H27ClN4O3. The number of nitrogens with one attached hydrogen (secondary N) is 1. The van der Waals surface area contributed by atoms with Crippen molar-refractivity contribution in [3.05, 3.63) is 99.1 Å². The summed E-state index contributed by atoms with van der Waals surface area (Å²) in [6.07, 6.45) is 1.23. The lowest BCUT2D eigenvalue weighted by molar-refractivity contribution is -0.384. The van der Waals surface area contributed by atoms with Crippen molar-refractivity contribution < 1.29 is 9.72 Å². The zero-order valence-corrected chi connectivity index (χ0v) is 20.0. The van der Waals surface area contributed by atoms with Gasteiger partial charge in [0.2, 0.25) is 5.91 Å². The maximum Gasteiger partial charge on any atom is 0.269 e. The summed E-state index contributed by atoms with van der Waals surface area (Å²) in [4.78, 5) is 29.0. The Kier molecular flexibility index (Phi) is 6.59. The smallest absolute Gasteiger partial charge is 0.269 e. The molecule has 0 aromatic heterocycles. The van der Waals surface area contributed by atoms with Gasteiger partial charge >= 0.3 is 0 Å². The van der Waals surface area contributed by atoms with Crippen LogP contribution in [0.15, 0.2) is 72.8 Å². The van der Waals surface area contributed by atoms with Crippen molar-refractivity contribution in [2.45, 2.75) is 18.9 Å². The number of nitro benzene ring substituents is 1. The molecule has 2 heterocycles. The van der Waals surface area contributed by atoms with Gasteiger partial charge in [-0.25, -0.2) is 0 Å². The van der Waals surface area contributed by atoms with Crippen molar-refractivity contribution in [3.8, 4) is 0 Å². The van der Waals surface area contributed by atoms with E-state index in [1.807, 2.05) is 48.5 Å². The number of carbonyl (C=O) groups is 1. The molecule has 2 aliphatic heterocycles. The number of nitro groups is 1. The Morgan fingerprint density at radius 2 is 1.83 bits per heavy atom. The third-order valence-electron chi connectivity index (χ3n) is 6.99. The van der Waals surface area contributed by atoms with Crippen molar-refractivity contribution in [3.63, 3.8) is 0 Å². The number of nitrogens with zero attached hydrogens (tertiary/aromatic N) is 3. The number of amides is 1. The molecule has 1 saturated heterocycles. The summed E-state index contributed by atoms with van der Waals surface area (Å²) in [5.74, 6) is -0.318. The monoisotopic (exact) mass is 490 g/mol. The average molecular weight is 491 g/mol. The highest BCUT2D eigenvalue weighted by atomic mass is 35.5. The van der Waals surface area contributed by atoms with Gasteiger partial charge < -0.3 is 15.1 Å². The van der Waals surface area contributed by atoms with Gasteiger partial charge in [0.25, 0.3) is 5.69 Å². The molecule has 2 aliphatic rings. The minimum absolute atomic E-state index is 0.00829. The number of benzene rings is 3. The lowest BCUT2D eigenvalue weighted by atomic mass is 9.83. The average Bonchev–Trinajstić information content (AvgIpc) is 2.88. The predicted octanol–water partition coefficient (Wildman–Crippen LogP) is 4.47. The van der Waals surface area contributed by atoms with Crippen molar-refractivity contribution in [1.29, 1.82) is 0 Å². The Hall–Kier alpha value is -3.58. The zero-order valence-electron chi connectivity index (χ0n) is 19.3. The molecule has 0 bridgehead atoms. The lowest BCUT2D eigenvalue weighted by Gasteiger charge is -2.49. The molecule has 0 unspecified atom stereocenters. The number of fused-ring (bicyclic) bond motifs is 3. The summed E-state index contributed by atoms with van der Waals surface area (Å²) in [6.45, 7) is 2.76. The Bertz CT molecular complexity index is 1220. The Labute approximate surface area is 209 Å². The summed E-state index contributed by atoms with van der Waals surface area (Å²) in [6, 6.07) is 22.8. The van der Waals surface area contributed by atoms with E-state index in [0.29, 0.717) is 24.5 Å². The molecule has 8 heteroatoms. The van der Waals surface area contributed by atoms with Gasteiger partial charge in [0.1, 0.15) is 0 Å². The molecular weight excluding hydrogens is 464 g/mol. The van der Waals surface area contributed by atoms with E-state index in [0.717, 1.165) is 36.4 Å². The second kappa shape index (κ2) is 9.96. The van der Waals surface area contributed by atoms with Crippen LogP contribution in [0.1, 0.15) is 11.1 Å². The topological polar surface area (TPSA) is 78.7 Å². The first-order valence-corrected chi connectivity index (χ1v) is 12.2. The van der Waals surface area contributed by atoms with Crippen LogP contribution in [0.3, 0.4) is 0 Å². The summed E-state index contributed by atoms with van der Waals surface area (Å²) in [5.41, 5.74) is 4.16. The Morgan fingerprint density at radius 3 is 2.57 bits per heavy atom. The van der Waals surface area contributed by atoms with Crippen LogP contribution >= 0.6 is 11.6 Å². The van der Waals surface area contributed by atoms with Crippen molar-refractivity contribution in [1.82, 2.24) is 5.32 Å². The highest BCUT2D eigenvalue weighted by Crippen LogP contribution is 2.38. The highest BCUT2D eigenvalue weighted by molar-refractivity contribution is 6.30. The molecule has 1 N–H and O–H groups in total. The minimum Gasteiger partial charge on any atom is -0.368 e. The maximum absolute atomic E-state index is 13.5. The first-order valence-electron chi connectivity index (χ1n) is 11.9. The molecule has 0 radical (unpaired) electrons. The standard InChI is InChI=1S/C27H27ClN4O3/c28-21-6-8-22(9-7-21)30-14-15-31-25-11-10-23(32(34)35)16-20(25)17-24(26(31)18-30)27(33)29-13-12-19-4-2-1-3-5-19/h1-11,16,24,26H,12-15,17-18H2,(H,29,33)/t24-,26-/m1/s1. The molecule has 1 amide bonds. The fourth-order valence-electron chi connectivity index (χ4n) is 5.22. The second-order valence-corrected chi connectivity index (χ2v) is 9.53. The molecule has 3 aromatic rings. The lowest BCUT2D eigenvalue weighted by Crippen LogP contribution is -2.61. The number of carbonyl (C=O) groups excluding carboxylic acids is 1. The molecule has 7 nitrogen and oxygen atoms in total. The van der Waals surface area contributed by atoms with Crippen molar-refractivity contribution in [2.24, 2.45) is 5.92 Å². The maximum atomic E-state index is 13.5. The van der Waals surface area contributed by atoms with Crippen LogP contribution in [0.5, 0.6) is 0 Å². The highest BCUT2D eigenvalue weighted by Gasteiger charge is 2.42. The summed E-state index contributed by atoms with van der Waals surface area (Å²) < 4.78 is 0. The van der Waals surface area contributed by atoms with Gasteiger partial charge in [-0.1, -0.05) is 41.9 Å². The van der Waals surface area contributed by atoms with E-state index < -0.39 is 0 Å². The molecule has 0 aliphatic carbocycles. The van der Waals surface area contributed by atoms with Gasteiger partial charge in [-0.2, -0.15) is 0 Å². The minimum atomic E-state index is -0.375. The number of piperazine rings is 1. The van der Waals surface area contributed by atoms with Gasteiger partial charge in [0, 0.05) is 54.7 Å². The van der Waals surface area contributed by atoms with E-state index in [9.17, 15) is 14.9 Å². The van der Waals surface area contributed by atoms with Crippen molar-refractivity contribution >= 4 is 34.6 Å². The van der Waals surface area contributed by atoms with E-state index in [-0.39, 0.29) is 28.5 Å². The van der Waals surface area contributed by atoms with Gasteiger partial charge in [-0.15, -0.1) is 0 Å². The quantitative estimate of drug-likeness (QED) is 0.407. The van der Waals surface area contributed by atoms with Crippen LogP contribution < -0.4 is 15.1 Å². The molecule has 3 aromatic carbocycles. The molecule has 1 fully saturated rings. The summed E-state index contributed by atoms with van der Waals surface area (Å²) in [5, 5.41) is 15.2. The molecule has 5 rings (SSSR count). The second-order valence-electron chi connectivity index (χ2n) is 9.09. The van der Waals surface area contributed by atoms with Crippen LogP contribution in [0.25, 0.3) is 0 Å². The Morgan fingerprint density at radius 1 is 1.06 bits per heavy atom. The van der Waals surface area contributed by atoms with E-state index >= 15 is 0 Å². The third-order valence-corrected chi connectivity index (χ3v) is 7.24. The number of rotatable bonds is 6. The van der Waals surface area contributed by atoms with Crippen LogP contribution in [-0.2, 0) is 17.6 Å². The fraction of sp³-hybridized carbons (Fsp3) is 0.296. The number of hydrogen-bond acceptors (Lipinski definition) is 5. The van der Waals surface area contributed by atoms with Crippen LogP contribution in [0.4, 0.5) is 17.1 Å². The van der Waals surface area contributed by atoms with E-state index in [4.69, 9.17) is 11.6 Å².